The molecule has 0 amide bonds. The number of hydrogen-bond donors (Lipinski definition) is 0. The van der Waals surface area contributed by atoms with Crippen molar-refractivity contribution in [2.45, 2.75) is 33.3 Å². The first kappa shape index (κ1) is 14.8. The summed E-state index contributed by atoms with van der Waals surface area (Å²) in [6, 6.07) is 5.52. The van der Waals surface area contributed by atoms with Gasteiger partial charge in [-0.3, -0.25) is 0 Å². The predicted molar refractivity (Wildman–Crippen MR) is 80.2 cm³/mol. The van der Waals surface area contributed by atoms with Crippen molar-refractivity contribution in [2.24, 2.45) is 0 Å². The first-order valence-electron chi connectivity index (χ1n) is 6.36. The van der Waals surface area contributed by atoms with Gasteiger partial charge >= 0.3 is 6.09 Å². The Morgan fingerprint density at radius 2 is 2.10 bits per heavy atom. The second kappa shape index (κ2) is 5.44. The maximum absolute atomic E-state index is 12.2. The van der Waals surface area contributed by atoms with E-state index in [0.717, 1.165) is 9.86 Å². The number of aromatic nitrogens is 2. The van der Waals surface area contributed by atoms with E-state index in [1.54, 1.807) is 6.07 Å². The van der Waals surface area contributed by atoms with Crippen LogP contribution >= 0.6 is 15.9 Å². The van der Waals surface area contributed by atoms with Gasteiger partial charge in [0.25, 0.3) is 0 Å². The van der Waals surface area contributed by atoms with E-state index in [1.165, 1.54) is 4.68 Å². The minimum atomic E-state index is -0.573. The lowest BCUT2D eigenvalue weighted by molar-refractivity contribution is 0.0520. The molecule has 2 rings (SSSR count). The number of rotatable bonds is 2. The molecule has 0 saturated carbocycles. The quantitative estimate of drug-likeness (QED) is 0.829. The van der Waals surface area contributed by atoms with Crippen molar-refractivity contribution in [3.8, 4) is 5.88 Å². The summed E-state index contributed by atoms with van der Waals surface area (Å²) in [7, 11) is 0. The third kappa shape index (κ3) is 3.12. The molecule has 0 bridgehead atoms. The topological polar surface area (TPSA) is 53.4 Å². The highest BCUT2D eigenvalue weighted by atomic mass is 79.9. The number of benzene rings is 1. The molecule has 1 aromatic heterocycles. The third-order valence-electron chi connectivity index (χ3n) is 2.46. The van der Waals surface area contributed by atoms with Crippen LogP contribution in [0.25, 0.3) is 10.9 Å². The van der Waals surface area contributed by atoms with Crippen LogP contribution in [0.3, 0.4) is 0 Å². The fraction of sp³-hybridized carbons (Fsp3) is 0.429. The standard InChI is InChI=1S/C14H17BrN2O3/c1-5-19-12-10-8-9(15)6-7-11(10)17(16-12)13(18)20-14(2,3)4/h6-8H,5H2,1-4H3. The summed E-state index contributed by atoms with van der Waals surface area (Å²) in [5, 5.41) is 4.97. The summed E-state index contributed by atoms with van der Waals surface area (Å²) in [4.78, 5) is 12.2. The molecule has 0 aliphatic rings. The molecule has 5 nitrogen and oxygen atoms in total. The lowest BCUT2D eigenvalue weighted by Crippen LogP contribution is -2.27. The van der Waals surface area contributed by atoms with Crippen LogP contribution in [-0.2, 0) is 4.74 Å². The first-order valence-corrected chi connectivity index (χ1v) is 7.15. The fourth-order valence-corrected chi connectivity index (χ4v) is 2.11. The molecule has 0 fully saturated rings. The molecular formula is C14H17BrN2O3. The number of carbonyl (C=O) groups excluding carboxylic acids is 1. The Bertz CT molecular complexity index is 644. The second-order valence-corrected chi connectivity index (χ2v) is 6.21. The van der Waals surface area contributed by atoms with Crippen molar-refractivity contribution in [1.29, 1.82) is 0 Å². The normalized spacial score (nSPS) is 11.7. The highest BCUT2D eigenvalue weighted by molar-refractivity contribution is 9.10. The van der Waals surface area contributed by atoms with Crippen LogP contribution in [0.2, 0.25) is 0 Å². The summed E-state index contributed by atoms with van der Waals surface area (Å²) in [6.45, 7) is 7.80. The van der Waals surface area contributed by atoms with E-state index >= 15 is 0 Å². The average Bonchev–Trinajstić information content (AvgIpc) is 2.66. The van der Waals surface area contributed by atoms with Crippen molar-refractivity contribution in [3.63, 3.8) is 0 Å². The molecule has 0 radical (unpaired) electrons. The van der Waals surface area contributed by atoms with Gasteiger partial charge in [-0.15, -0.1) is 5.10 Å². The van der Waals surface area contributed by atoms with E-state index in [0.29, 0.717) is 18.0 Å². The maximum Gasteiger partial charge on any atom is 0.435 e. The number of nitrogens with zero attached hydrogens (tertiary/aromatic N) is 2. The monoisotopic (exact) mass is 340 g/mol. The van der Waals surface area contributed by atoms with Crippen LogP contribution in [0.4, 0.5) is 4.79 Å². The average molecular weight is 341 g/mol. The smallest absolute Gasteiger partial charge is 0.435 e. The summed E-state index contributed by atoms with van der Waals surface area (Å²) in [5.74, 6) is 0.426. The van der Waals surface area contributed by atoms with Gasteiger partial charge in [0.15, 0.2) is 0 Å². The molecule has 0 N–H and O–H groups in total. The van der Waals surface area contributed by atoms with Gasteiger partial charge in [0.05, 0.1) is 17.5 Å². The third-order valence-corrected chi connectivity index (χ3v) is 2.95. The molecule has 108 valence electrons. The van der Waals surface area contributed by atoms with Gasteiger partial charge < -0.3 is 9.47 Å². The fourth-order valence-electron chi connectivity index (χ4n) is 1.75. The van der Waals surface area contributed by atoms with Crippen LogP contribution in [0.15, 0.2) is 22.7 Å². The van der Waals surface area contributed by atoms with Gasteiger partial charge in [0.2, 0.25) is 5.88 Å². The highest BCUT2D eigenvalue weighted by Gasteiger charge is 2.22. The van der Waals surface area contributed by atoms with Gasteiger partial charge in [0, 0.05) is 4.47 Å². The molecule has 0 aliphatic heterocycles. The minimum absolute atomic E-state index is 0.426. The summed E-state index contributed by atoms with van der Waals surface area (Å²) >= 11 is 3.40. The number of carbonyl (C=O) groups is 1. The van der Waals surface area contributed by atoms with E-state index in [-0.39, 0.29) is 0 Å². The molecule has 0 atom stereocenters. The van der Waals surface area contributed by atoms with Gasteiger partial charge in [-0.25, -0.2) is 4.79 Å². The zero-order chi connectivity index (χ0) is 14.9. The highest BCUT2D eigenvalue weighted by Crippen LogP contribution is 2.28. The Hall–Kier alpha value is -1.56. The molecule has 2 aromatic rings. The van der Waals surface area contributed by atoms with Crippen molar-refractivity contribution >= 4 is 32.9 Å². The van der Waals surface area contributed by atoms with Gasteiger partial charge in [0.1, 0.15) is 5.60 Å². The van der Waals surface area contributed by atoms with E-state index in [9.17, 15) is 4.79 Å². The molecule has 0 unspecified atom stereocenters. The molecule has 1 aromatic carbocycles. The molecule has 20 heavy (non-hydrogen) atoms. The maximum atomic E-state index is 12.2. The second-order valence-electron chi connectivity index (χ2n) is 5.29. The Morgan fingerprint density at radius 3 is 2.70 bits per heavy atom. The summed E-state index contributed by atoms with van der Waals surface area (Å²) in [5.41, 5.74) is 0.0853. The van der Waals surface area contributed by atoms with Crippen molar-refractivity contribution in [3.05, 3.63) is 22.7 Å². The Kier molecular flexibility index (Phi) is 4.04. The van der Waals surface area contributed by atoms with Gasteiger partial charge in [-0.05, 0) is 45.9 Å². The van der Waals surface area contributed by atoms with Gasteiger partial charge in [-0.1, -0.05) is 15.9 Å². The number of fused-ring (bicyclic) bond motifs is 1. The van der Waals surface area contributed by atoms with E-state index in [2.05, 4.69) is 21.0 Å². The van der Waals surface area contributed by atoms with Crippen LogP contribution < -0.4 is 4.74 Å². The number of halogens is 1. The molecule has 0 aliphatic carbocycles. The number of hydrogen-bond acceptors (Lipinski definition) is 4. The van der Waals surface area contributed by atoms with Crippen LogP contribution in [0.5, 0.6) is 5.88 Å². The lowest BCUT2D eigenvalue weighted by atomic mass is 10.2. The van der Waals surface area contributed by atoms with Gasteiger partial charge in [-0.2, -0.15) is 4.68 Å². The first-order chi connectivity index (χ1) is 9.31. The molecule has 6 heteroatoms. The van der Waals surface area contributed by atoms with Crippen LogP contribution in [0.1, 0.15) is 27.7 Å². The van der Waals surface area contributed by atoms with E-state index < -0.39 is 11.7 Å². The van der Waals surface area contributed by atoms with Crippen molar-refractivity contribution < 1.29 is 14.3 Å². The summed E-state index contributed by atoms with van der Waals surface area (Å²) < 4.78 is 13.0. The molecule has 0 saturated heterocycles. The lowest BCUT2D eigenvalue weighted by Gasteiger charge is -2.19. The Labute approximate surface area is 126 Å². The molecule has 1 heterocycles. The van der Waals surface area contributed by atoms with Crippen molar-refractivity contribution in [1.82, 2.24) is 9.78 Å². The Morgan fingerprint density at radius 1 is 1.40 bits per heavy atom. The molecular weight excluding hydrogens is 324 g/mol. The SMILES string of the molecule is CCOc1nn(C(=O)OC(C)(C)C)c2ccc(Br)cc12. The van der Waals surface area contributed by atoms with E-state index in [1.807, 2.05) is 39.8 Å². The summed E-state index contributed by atoms with van der Waals surface area (Å²) in [6.07, 6.45) is -0.518. The minimum Gasteiger partial charge on any atom is -0.476 e. The predicted octanol–water partition coefficient (Wildman–Crippen LogP) is 3.98. The van der Waals surface area contributed by atoms with E-state index in [4.69, 9.17) is 9.47 Å². The number of ether oxygens (including phenoxy) is 2. The van der Waals surface area contributed by atoms with Crippen LogP contribution in [-0.4, -0.2) is 28.1 Å². The van der Waals surface area contributed by atoms with Crippen LogP contribution in [0, 0.1) is 0 Å². The Balaban J connectivity index is 2.51. The molecule has 0 spiro atoms. The zero-order valence-electron chi connectivity index (χ0n) is 11.9. The van der Waals surface area contributed by atoms with Crippen molar-refractivity contribution in [2.75, 3.05) is 6.61 Å². The largest absolute Gasteiger partial charge is 0.476 e. The zero-order valence-corrected chi connectivity index (χ0v) is 13.5.